The van der Waals surface area contributed by atoms with Gasteiger partial charge >= 0.3 is 5.97 Å². The standard InChI is InChI=1S/C21H21ClN2O6S/c1-3-23(4-2)31(28,29)18-13-14(9-10-17(18)22)21(27)30-12-11-24-19(25)15-7-5-6-8-16(15)20(24)26/h5-10,13H,3-4,11-12H2,1-2H3. The van der Waals surface area contributed by atoms with E-state index in [0.29, 0.717) is 11.1 Å². The number of sulfonamides is 1. The van der Waals surface area contributed by atoms with Crippen molar-refractivity contribution in [3.63, 3.8) is 0 Å². The molecule has 10 heteroatoms. The molecule has 0 aromatic heterocycles. The Kier molecular flexibility index (Phi) is 6.78. The molecular weight excluding hydrogens is 444 g/mol. The van der Waals surface area contributed by atoms with Gasteiger partial charge in [0.15, 0.2) is 0 Å². The van der Waals surface area contributed by atoms with Gasteiger partial charge in [0.25, 0.3) is 11.8 Å². The van der Waals surface area contributed by atoms with Crippen LogP contribution in [0.5, 0.6) is 0 Å². The summed E-state index contributed by atoms with van der Waals surface area (Å²) in [6.45, 7) is 3.56. The number of hydrogen-bond acceptors (Lipinski definition) is 6. The molecule has 1 heterocycles. The van der Waals surface area contributed by atoms with Crippen molar-refractivity contribution in [2.45, 2.75) is 18.7 Å². The van der Waals surface area contributed by atoms with E-state index >= 15 is 0 Å². The molecule has 8 nitrogen and oxygen atoms in total. The number of ether oxygens (including phenoxy) is 1. The van der Waals surface area contributed by atoms with Crippen LogP contribution in [0.4, 0.5) is 0 Å². The van der Waals surface area contributed by atoms with E-state index in [0.717, 1.165) is 4.90 Å². The highest BCUT2D eigenvalue weighted by molar-refractivity contribution is 7.89. The van der Waals surface area contributed by atoms with Crippen molar-refractivity contribution in [1.82, 2.24) is 9.21 Å². The Morgan fingerprint density at radius 1 is 1.03 bits per heavy atom. The Hall–Kier alpha value is -2.75. The molecule has 31 heavy (non-hydrogen) atoms. The van der Waals surface area contributed by atoms with Crippen LogP contribution in [0.15, 0.2) is 47.4 Å². The third-order valence-electron chi connectivity index (χ3n) is 4.92. The van der Waals surface area contributed by atoms with Gasteiger partial charge in [-0.1, -0.05) is 37.6 Å². The van der Waals surface area contributed by atoms with Gasteiger partial charge in [-0.3, -0.25) is 14.5 Å². The van der Waals surface area contributed by atoms with E-state index in [9.17, 15) is 22.8 Å². The maximum absolute atomic E-state index is 12.8. The molecule has 0 spiro atoms. The van der Waals surface area contributed by atoms with E-state index in [4.69, 9.17) is 16.3 Å². The molecule has 0 saturated heterocycles. The molecule has 1 aliphatic rings. The molecular formula is C21H21ClN2O6S. The van der Waals surface area contributed by atoms with Gasteiger partial charge in [0, 0.05) is 13.1 Å². The lowest BCUT2D eigenvalue weighted by molar-refractivity contribution is 0.0420. The Balaban J connectivity index is 1.70. The van der Waals surface area contributed by atoms with E-state index in [1.165, 1.54) is 22.5 Å². The fourth-order valence-corrected chi connectivity index (χ4v) is 5.24. The van der Waals surface area contributed by atoms with E-state index in [1.807, 2.05) is 0 Å². The first-order valence-electron chi connectivity index (χ1n) is 9.64. The number of esters is 1. The number of hydrogen-bond donors (Lipinski definition) is 0. The lowest BCUT2D eigenvalue weighted by Gasteiger charge is -2.19. The molecule has 164 valence electrons. The zero-order valence-corrected chi connectivity index (χ0v) is 18.6. The monoisotopic (exact) mass is 464 g/mol. The molecule has 0 bridgehead atoms. The highest BCUT2D eigenvalue weighted by Crippen LogP contribution is 2.26. The second-order valence-corrected chi connectivity index (χ2v) is 8.99. The SMILES string of the molecule is CCN(CC)S(=O)(=O)c1cc(C(=O)OCCN2C(=O)c3ccccc3C2=O)ccc1Cl. The summed E-state index contributed by atoms with van der Waals surface area (Å²) in [5, 5.41) is -0.00512. The lowest BCUT2D eigenvalue weighted by atomic mass is 10.1. The molecule has 0 aliphatic carbocycles. The zero-order valence-electron chi connectivity index (χ0n) is 17.0. The molecule has 0 atom stereocenters. The normalized spacial score (nSPS) is 13.6. The summed E-state index contributed by atoms with van der Waals surface area (Å²) >= 11 is 6.07. The van der Waals surface area contributed by atoms with Crippen LogP contribution in [0.2, 0.25) is 5.02 Å². The molecule has 0 radical (unpaired) electrons. The number of imide groups is 1. The van der Waals surface area contributed by atoms with Crippen molar-refractivity contribution in [2.75, 3.05) is 26.2 Å². The first-order chi connectivity index (χ1) is 14.7. The van der Waals surface area contributed by atoms with E-state index in [-0.39, 0.29) is 41.7 Å². The van der Waals surface area contributed by atoms with Crippen LogP contribution in [0.1, 0.15) is 44.9 Å². The van der Waals surface area contributed by atoms with E-state index in [1.54, 1.807) is 38.1 Å². The van der Waals surface area contributed by atoms with Crippen molar-refractivity contribution in [2.24, 2.45) is 0 Å². The first kappa shape index (κ1) is 22.9. The molecule has 3 rings (SSSR count). The first-order valence-corrected chi connectivity index (χ1v) is 11.5. The molecule has 0 N–H and O–H groups in total. The van der Waals surface area contributed by atoms with Gasteiger partial charge in [0.2, 0.25) is 10.0 Å². The van der Waals surface area contributed by atoms with Crippen molar-refractivity contribution in [3.05, 3.63) is 64.2 Å². The summed E-state index contributed by atoms with van der Waals surface area (Å²) in [7, 11) is -3.87. The summed E-state index contributed by atoms with van der Waals surface area (Å²) in [6.07, 6.45) is 0. The van der Waals surface area contributed by atoms with Crippen LogP contribution in [0.25, 0.3) is 0 Å². The van der Waals surface area contributed by atoms with Gasteiger partial charge in [-0.25, -0.2) is 13.2 Å². The lowest BCUT2D eigenvalue weighted by Crippen LogP contribution is -2.33. The second-order valence-electron chi connectivity index (χ2n) is 6.68. The fourth-order valence-electron chi connectivity index (χ4n) is 3.29. The van der Waals surface area contributed by atoms with Crippen molar-refractivity contribution < 1.29 is 27.5 Å². The minimum absolute atomic E-state index is 0.00232. The molecule has 0 fully saturated rings. The maximum Gasteiger partial charge on any atom is 0.338 e. The van der Waals surface area contributed by atoms with Crippen LogP contribution in [0.3, 0.4) is 0 Å². The van der Waals surface area contributed by atoms with Gasteiger partial charge < -0.3 is 4.74 Å². The van der Waals surface area contributed by atoms with Gasteiger partial charge in [-0.15, -0.1) is 0 Å². The number of amides is 2. The summed E-state index contributed by atoms with van der Waals surface area (Å²) < 4.78 is 31.9. The average molecular weight is 465 g/mol. The van der Waals surface area contributed by atoms with Crippen LogP contribution in [0, 0.1) is 0 Å². The summed E-state index contributed by atoms with van der Waals surface area (Å²) in [5.41, 5.74) is 0.614. The number of benzene rings is 2. The van der Waals surface area contributed by atoms with Crippen molar-refractivity contribution in [1.29, 1.82) is 0 Å². The summed E-state index contributed by atoms with van der Waals surface area (Å²) in [4.78, 5) is 37.9. The number of halogens is 1. The highest BCUT2D eigenvalue weighted by atomic mass is 35.5. The number of fused-ring (bicyclic) bond motifs is 1. The Morgan fingerprint density at radius 2 is 1.61 bits per heavy atom. The Labute approximate surface area is 185 Å². The predicted molar refractivity (Wildman–Crippen MR) is 114 cm³/mol. The van der Waals surface area contributed by atoms with Crippen LogP contribution in [-0.4, -0.2) is 61.6 Å². The Bertz CT molecular complexity index is 1110. The summed E-state index contributed by atoms with van der Waals surface area (Å²) in [5.74, 6) is -1.68. The fraction of sp³-hybridized carbons (Fsp3) is 0.286. The average Bonchev–Trinajstić information content (AvgIpc) is 2.99. The van der Waals surface area contributed by atoms with Crippen LogP contribution >= 0.6 is 11.6 Å². The Morgan fingerprint density at radius 3 is 2.16 bits per heavy atom. The quantitative estimate of drug-likeness (QED) is 0.440. The molecule has 2 aromatic carbocycles. The maximum atomic E-state index is 12.8. The van der Waals surface area contributed by atoms with Gasteiger partial charge in [0.05, 0.1) is 28.3 Å². The summed E-state index contributed by atoms with van der Waals surface area (Å²) in [6, 6.07) is 10.3. The largest absolute Gasteiger partial charge is 0.460 e. The second kappa shape index (κ2) is 9.17. The smallest absolute Gasteiger partial charge is 0.338 e. The number of nitrogens with zero attached hydrogens (tertiary/aromatic N) is 2. The third kappa shape index (κ3) is 4.34. The minimum atomic E-state index is -3.87. The minimum Gasteiger partial charge on any atom is -0.460 e. The van der Waals surface area contributed by atoms with Gasteiger partial charge in [0.1, 0.15) is 11.5 Å². The van der Waals surface area contributed by atoms with Crippen molar-refractivity contribution >= 4 is 39.4 Å². The molecule has 0 unspecified atom stereocenters. The number of rotatable bonds is 8. The van der Waals surface area contributed by atoms with E-state index < -0.39 is 27.8 Å². The topological polar surface area (TPSA) is 101 Å². The molecule has 1 aliphatic heterocycles. The molecule has 2 aromatic rings. The predicted octanol–water partition coefficient (Wildman–Crippen LogP) is 2.82. The molecule has 2 amide bonds. The van der Waals surface area contributed by atoms with Crippen molar-refractivity contribution in [3.8, 4) is 0 Å². The highest BCUT2D eigenvalue weighted by Gasteiger charge is 2.35. The number of carbonyl (C=O) groups excluding carboxylic acids is 3. The van der Waals surface area contributed by atoms with Crippen LogP contribution in [-0.2, 0) is 14.8 Å². The van der Waals surface area contributed by atoms with E-state index in [2.05, 4.69) is 0 Å². The number of carbonyl (C=O) groups is 3. The molecule has 0 saturated carbocycles. The van der Waals surface area contributed by atoms with Gasteiger partial charge in [-0.05, 0) is 30.3 Å². The van der Waals surface area contributed by atoms with Gasteiger partial charge in [-0.2, -0.15) is 4.31 Å². The van der Waals surface area contributed by atoms with Crippen LogP contribution < -0.4 is 0 Å². The zero-order chi connectivity index (χ0) is 22.8. The third-order valence-corrected chi connectivity index (χ3v) is 7.45.